The number of nitrogens with zero attached hydrogens (tertiary/aromatic N) is 1. The average Bonchev–Trinajstić information content (AvgIpc) is 2.46. The van der Waals surface area contributed by atoms with Crippen LogP contribution in [0.15, 0.2) is 0 Å². The van der Waals surface area contributed by atoms with Crippen LogP contribution in [-0.4, -0.2) is 23.0 Å². The van der Waals surface area contributed by atoms with Crippen molar-refractivity contribution in [3.63, 3.8) is 0 Å². The van der Waals surface area contributed by atoms with Crippen molar-refractivity contribution in [3.8, 4) is 0 Å². The van der Waals surface area contributed by atoms with E-state index in [1.807, 2.05) is 6.92 Å². The van der Waals surface area contributed by atoms with Crippen LogP contribution >= 0.6 is 0 Å². The molecule has 0 saturated carbocycles. The molecule has 0 aromatic carbocycles. The van der Waals surface area contributed by atoms with Crippen molar-refractivity contribution in [1.29, 1.82) is 0 Å². The lowest BCUT2D eigenvalue weighted by Crippen LogP contribution is -2.33. The Labute approximate surface area is 90.5 Å². The van der Waals surface area contributed by atoms with Gasteiger partial charge in [0.2, 0.25) is 0 Å². The van der Waals surface area contributed by atoms with Gasteiger partial charge in [0.1, 0.15) is 0 Å². The lowest BCUT2D eigenvalue weighted by atomic mass is 10.1. The number of imide groups is 1. The molecule has 0 N–H and O–H groups in total. The molecule has 1 unspecified atom stereocenters. The first-order valence-corrected chi connectivity index (χ1v) is 5.53. The molecule has 2 amide bonds. The molecule has 0 spiro atoms. The van der Waals surface area contributed by atoms with E-state index in [2.05, 4.69) is 13.8 Å². The van der Waals surface area contributed by atoms with E-state index in [0.29, 0.717) is 5.92 Å². The van der Waals surface area contributed by atoms with Crippen molar-refractivity contribution in [3.05, 3.63) is 0 Å². The smallest absolute Gasteiger partial charge is 0.254 e. The standard InChI is InChI=1S/C11H19NO3/c1-8(2)4-5-9(3)15-12-10(13)6-7-11(12)14/h8-9H,4-7H2,1-3H3. The van der Waals surface area contributed by atoms with Crippen LogP contribution in [0.5, 0.6) is 0 Å². The third-order valence-electron chi connectivity index (χ3n) is 2.44. The van der Waals surface area contributed by atoms with E-state index in [4.69, 9.17) is 4.84 Å². The lowest BCUT2D eigenvalue weighted by Gasteiger charge is -2.19. The Morgan fingerprint density at radius 3 is 2.13 bits per heavy atom. The zero-order chi connectivity index (χ0) is 11.4. The topological polar surface area (TPSA) is 46.6 Å². The SMILES string of the molecule is CC(C)CCC(C)ON1C(=O)CCC1=O. The average molecular weight is 213 g/mol. The molecule has 1 aliphatic heterocycles. The lowest BCUT2D eigenvalue weighted by molar-refractivity contribution is -0.201. The maximum atomic E-state index is 11.2. The van der Waals surface area contributed by atoms with Gasteiger partial charge in [-0.25, -0.2) is 0 Å². The molecular formula is C11H19NO3. The van der Waals surface area contributed by atoms with Gasteiger partial charge in [0.05, 0.1) is 6.10 Å². The van der Waals surface area contributed by atoms with Crippen LogP contribution in [0.25, 0.3) is 0 Å². The zero-order valence-corrected chi connectivity index (χ0v) is 9.66. The summed E-state index contributed by atoms with van der Waals surface area (Å²) >= 11 is 0. The largest absolute Gasteiger partial charge is 0.272 e. The minimum Gasteiger partial charge on any atom is -0.272 e. The Hall–Kier alpha value is -0.900. The predicted octanol–water partition coefficient (Wildman–Crippen LogP) is 1.89. The minimum absolute atomic E-state index is 0.0709. The third-order valence-corrected chi connectivity index (χ3v) is 2.44. The van der Waals surface area contributed by atoms with Crippen LogP contribution in [0.2, 0.25) is 0 Å². The molecule has 1 fully saturated rings. The maximum Gasteiger partial charge on any atom is 0.254 e. The Morgan fingerprint density at radius 1 is 1.13 bits per heavy atom. The van der Waals surface area contributed by atoms with E-state index in [-0.39, 0.29) is 30.8 Å². The van der Waals surface area contributed by atoms with Crippen LogP contribution in [0.3, 0.4) is 0 Å². The summed E-state index contributed by atoms with van der Waals surface area (Å²) in [5, 5.41) is 0.936. The van der Waals surface area contributed by atoms with Crippen molar-refractivity contribution in [2.75, 3.05) is 0 Å². The van der Waals surface area contributed by atoms with Gasteiger partial charge in [-0.15, -0.1) is 0 Å². The van der Waals surface area contributed by atoms with Crippen molar-refractivity contribution in [1.82, 2.24) is 5.06 Å². The predicted molar refractivity (Wildman–Crippen MR) is 55.7 cm³/mol. The van der Waals surface area contributed by atoms with Gasteiger partial charge in [-0.05, 0) is 25.7 Å². The molecule has 0 aromatic rings. The number of hydroxylamine groups is 2. The first kappa shape index (κ1) is 12.2. The first-order chi connectivity index (χ1) is 7.00. The first-order valence-electron chi connectivity index (χ1n) is 5.53. The van der Waals surface area contributed by atoms with Crippen LogP contribution in [0.4, 0.5) is 0 Å². The molecule has 0 radical (unpaired) electrons. The summed E-state index contributed by atoms with van der Waals surface area (Å²) in [5.74, 6) is 0.189. The minimum atomic E-state index is -0.212. The fourth-order valence-electron chi connectivity index (χ4n) is 1.47. The summed E-state index contributed by atoms with van der Waals surface area (Å²) < 4.78 is 0. The van der Waals surface area contributed by atoms with Gasteiger partial charge < -0.3 is 0 Å². The fourth-order valence-corrected chi connectivity index (χ4v) is 1.47. The van der Waals surface area contributed by atoms with Gasteiger partial charge >= 0.3 is 0 Å². The van der Waals surface area contributed by atoms with Gasteiger partial charge in [-0.1, -0.05) is 13.8 Å². The van der Waals surface area contributed by atoms with Crippen molar-refractivity contribution in [2.24, 2.45) is 5.92 Å². The molecule has 1 saturated heterocycles. The zero-order valence-electron chi connectivity index (χ0n) is 9.66. The third kappa shape index (κ3) is 3.63. The molecule has 1 aliphatic rings. The molecule has 4 nitrogen and oxygen atoms in total. The summed E-state index contributed by atoms with van der Waals surface area (Å²) in [4.78, 5) is 27.8. The maximum absolute atomic E-state index is 11.2. The van der Waals surface area contributed by atoms with Crippen molar-refractivity contribution in [2.45, 2.75) is 52.6 Å². The van der Waals surface area contributed by atoms with Gasteiger partial charge in [0.25, 0.3) is 11.8 Å². The fraction of sp³-hybridized carbons (Fsp3) is 0.818. The summed E-state index contributed by atoms with van der Waals surface area (Å²) in [6.07, 6.45) is 2.41. The second-order valence-electron chi connectivity index (χ2n) is 4.47. The van der Waals surface area contributed by atoms with E-state index < -0.39 is 0 Å². The van der Waals surface area contributed by atoms with Gasteiger partial charge in [-0.2, -0.15) is 5.06 Å². The Kier molecular flexibility index (Phi) is 4.27. The molecule has 86 valence electrons. The number of carbonyl (C=O) groups is 2. The number of amides is 2. The molecular weight excluding hydrogens is 194 g/mol. The van der Waals surface area contributed by atoms with Gasteiger partial charge in [0.15, 0.2) is 0 Å². The van der Waals surface area contributed by atoms with E-state index >= 15 is 0 Å². The van der Waals surface area contributed by atoms with Crippen molar-refractivity contribution >= 4 is 11.8 Å². The van der Waals surface area contributed by atoms with E-state index in [1.165, 1.54) is 0 Å². The van der Waals surface area contributed by atoms with Crippen LogP contribution in [0, 0.1) is 5.92 Å². The Bertz CT molecular complexity index is 234. The highest BCUT2D eigenvalue weighted by Crippen LogP contribution is 2.16. The van der Waals surface area contributed by atoms with Crippen molar-refractivity contribution < 1.29 is 14.4 Å². The number of carbonyl (C=O) groups excluding carboxylic acids is 2. The monoisotopic (exact) mass is 213 g/mol. The highest BCUT2D eigenvalue weighted by atomic mass is 16.7. The summed E-state index contributed by atoms with van der Waals surface area (Å²) in [6, 6.07) is 0. The van der Waals surface area contributed by atoms with E-state index in [1.54, 1.807) is 0 Å². The number of hydrogen-bond donors (Lipinski definition) is 0. The highest BCUT2D eigenvalue weighted by molar-refractivity contribution is 6.00. The van der Waals surface area contributed by atoms with Crippen LogP contribution < -0.4 is 0 Å². The van der Waals surface area contributed by atoms with E-state index in [9.17, 15) is 9.59 Å². The molecule has 1 heterocycles. The highest BCUT2D eigenvalue weighted by Gasteiger charge is 2.31. The van der Waals surface area contributed by atoms with Gasteiger partial charge in [0, 0.05) is 12.8 Å². The number of rotatable bonds is 5. The van der Waals surface area contributed by atoms with Gasteiger partial charge in [-0.3, -0.25) is 14.4 Å². The molecule has 15 heavy (non-hydrogen) atoms. The molecule has 1 atom stereocenters. The van der Waals surface area contributed by atoms with Crippen LogP contribution in [-0.2, 0) is 14.4 Å². The molecule has 0 aromatic heterocycles. The molecule has 0 bridgehead atoms. The Morgan fingerprint density at radius 2 is 1.67 bits per heavy atom. The quantitative estimate of drug-likeness (QED) is 0.655. The summed E-state index contributed by atoms with van der Waals surface area (Å²) in [7, 11) is 0. The second-order valence-corrected chi connectivity index (χ2v) is 4.47. The molecule has 1 rings (SSSR count). The number of hydrogen-bond acceptors (Lipinski definition) is 3. The summed E-state index contributed by atoms with van der Waals surface area (Å²) in [6.45, 7) is 6.17. The van der Waals surface area contributed by atoms with E-state index in [0.717, 1.165) is 17.9 Å². The van der Waals surface area contributed by atoms with Crippen LogP contribution in [0.1, 0.15) is 46.5 Å². The Balaban J connectivity index is 2.33. The molecule has 0 aliphatic carbocycles. The molecule has 4 heteroatoms. The normalized spacial score (nSPS) is 19.1. The summed E-state index contributed by atoms with van der Waals surface area (Å²) in [5.41, 5.74) is 0. The second kappa shape index (κ2) is 5.26.